The van der Waals surface area contributed by atoms with Crippen molar-refractivity contribution in [1.29, 1.82) is 0 Å². The van der Waals surface area contributed by atoms with Crippen LogP contribution >= 0.6 is 0 Å². The Kier molecular flexibility index (Phi) is 8.16. The van der Waals surface area contributed by atoms with Gasteiger partial charge in [0.1, 0.15) is 0 Å². The van der Waals surface area contributed by atoms with Crippen LogP contribution in [0.3, 0.4) is 0 Å². The summed E-state index contributed by atoms with van der Waals surface area (Å²) in [7, 11) is 0. The molecule has 2 fully saturated rings. The number of hydrogen-bond donors (Lipinski definition) is 2. The van der Waals surface area contributed by atoms with Gasteiger partial charge < -0.3 is 20.1 Å². The lowest BCUT2D eigenvalue weighted by atomic mass is 10.3. The van der Waals surface area contributed by atoms with Crippen molar-refractivity contribution in [2.24, 2.45) is 0 Å². The van der Waals surface area contributed by atoms with Crippen molar-refractivity contribution in [2.45, 2.75) is 24.3 Å². The quantitative estimate of drug-likeness (QED) is 0.597. The van der Waals surface area contributed by atoms with Crippen molar-refractivity contribution in [3.8, 4) is 0 Å². The molecule has 0 spiro atoms. The highest BCUT2D eigenvalue weighted by atomic mass is 32.2. The average Bonchev–Trinajstić information content (AvgIpc) is 3.39. The predicted molar refractivity (Wildman–Crippen MR) is 127 cm³/mol. The molecule has 2 saturated heterocycles. The summed E-state index contributed by atoms with van der Waals surface area (Å²) < 4.78 is 14.9. The van der Waals surface area contributed by atoms with Gasteiger partial charge in [0.05, 0.1) is 31.0 Å². The lowest BCUT2D eigenvalue weighted by Crippen LogP contribution is -2.51. The van der Waals surface area contributed by atoms with E-state index in [9.17, 15) is 14.1 Å². The normalized spacial score (nSPS) is 18.2. The molecule has 0 bridgehead atoms. The van der Waals surface area contributed by atoms with Crippen molar-refractivity contribution in [1.82, 2.24) is 24.4 Å². The number of anilines is 1. The number of nitrogens with one attached hydrogen (secondary N) is 2. The van der Waals surface area contributed by atoms with Crippen LogP contribution in [0.15, 0.2) is 53.7 Å². The molecule has 2 N–H and O–H groups in total. The molecule has 1 aromatic carbocycles. The van der Waals surface area contributed by atoms with Crippen LogP contribution in [0.25, 0.3) is 0 Å². The Morgan fingerprint density at radius 3 is 2.39 bits per heavy atom. The molecule has 2 aliphatic rings. The Hall–Kier alpha value is -2.66. The second-order valence-electron chi connectivity index (χ2n) is 8.24. The number of urea groups is 1. The Balaban J connectivity index is 1.21. The first-order chi connectivity index (χ1) is 16.1. The first-order valence-electron chi connectivity index (χ1n) is 11.3. The largest absolute Gasteiger partial charge is 0.593 e. The number of rotatable bonds is 7. The van der Waals surface area contributed by atoms with Crippen LogP contribution in [0.5, 0.6) is 0 Å². The van der Waals surface area contributed by atoms with Crippen LogP contribution in [0.4, 0.5) is 10.5 Å². The third-order valence-electron chi connectivity index (χ3n) is 5.87. The molecule has 4 rings (SSSR count). The third-order valence-corrected chi connectivity index (χ3v) is 7.38. The van der Waals surface area contributed by atoms with E-state index < -0.39 is 11.4 Å². The zero-order chi connectivity index (χ0) is 23.0. The zero-order valence-corrected chi connectivity index (χ0v) is 19.4. The second kappa shape index (κ2) is 11.5. The van der Waals surface area contributed by atoms with Gasteiger partial charge in [-0.2, -0.15) is 0 Å². The predicted octanol–water partition coefficient (Wildman–Crippen LogP) is 1.67. The fourth-order valence-corrected chi connectivity index (χ4v) is 5.14. The number of likely N-dealkylation sites (tertiary alicyclic amines) is 1. The molecule has 0 radical (unpaired) electrons. The van der Waals surface area contributed by atoms with E-state index in [4.69, 9.17) is 0 Å². The molecular weight excluding hydrogens is 440 g/mol. The summed E-state index contributed by atoms with van der Waals surface area (Å²) in [5.74, 6) is 0.203. The Bertz CT molecular complexity index is 916. The molecule has 0 saturated carbocycles. The molecule has 3 amide bonds. The number of aromatic nitrogens is 1. The maximum atomic E-state index is 13.0. The van der Waals surface area contributed by atoms with Gasteiger partial charge in [0.25, 0.3) is 0 Å². The van der Waals surface area contributed by atoms with Crippen LogP contribution in [-0.4, -0.2) is 81.4 Å². The fourth-order valence-electron chi connectivity index (χ4n) is 3.98. The molecule has 1 aromatic heterocycles. The lowest BCUT2D eigenvalue weighted by Gasteiger charge is -2.34. The van der Waals surface area contributed by atoms with Crippen molar-refractivity contribution in [2.75, 3.05) is 51.1 Å². The molecule has 1 unspecified atom stereocenters. The number of carbonyl (C=O) groups is 2. The number of nitrogens with zero attached hydrogens (tertiary/aromatic N) is 4. The van der Waals surface area contributed by atoms with Gasteiger partial charge in [-0.05, 0) is 48.7 Å². The second-order valence-corrected chi connectivity index (χ2v) is 9.72. The van der Waals surface area contributed by atoms with E-state index in [2.05, 4.69) is 20.5 Å². The number of piperazine rings is 1. The van der Waals surface area contributed by atoms with E-state index in [-0.39, 0.29) is 11.9 Å². The van der Waals surface area contributed by atoms with Crippen LogP contribution in [-0.2, 0) is 22.7 Å². The highest BCUT2D eigenvalue weighted by Crippen LogP contribution is 2.20. The molecule has 176 valence electrons. The molecule has 2 aliphatic heterocycles. The van der Waals surface area contributed by atoms with E-state index in [0.717, 1.165) is 44.6 Å². The molecule has 2 aromatic rings. The maximum Gasteiger partial charge on any atom is 0.319 e. The highest BCUT2D eigenvalue weighted by Gasteiger charge is 2.29. The van der Waals surface area contributed by atoms with Gasteiger partial charge in [0, 0.05) is 50.8 Å². The summed E-state index contributed by atoms with van der Waals surface area (Å²) >= 11 is -1.27. The SMILES string of the molecule is O=C(NCc1cccnc1)Nc1ccc([S+]([O-])N2CCN(CC(=O)N3CCCC3)CC2)cc1. The Morgan fingerprint density at radius 2 is 1.73 bits per heavy atom. The average molecular weight is 471 g/mol. The minimum absolute atomic E-state index is 0.203. The smallest absolute Gasteiger partial charge is 0.319 e. The number of benzene rings is 1. The van der Waals surface area contributed by atoms with E-state index in [1.165, 1.54) is 0 Å². The Labute approximate surface area is 197 Å². The van der Waals surface area contributed by atoms with Crippen LogP contribution in [0.1, 0.15) is 18.4 Å². The molecule has 10 heteroatoms. The minimum atomic E-state index is -1.27. The molecular formula is C23H30N6O3S. The van der Waals surface area contributed by atoms with Crippen LogP contribution in [0.2, 0.25) is 0 Å². The van der Waals surface area contributed by atoms with Gasteiger partial charge in [-0.1, -0.05) is 6.07 Å². The highest BCUT2D eigenvalue weighted by molar-refractivity contribution is 7.89. The maximum absolute atomic E-state index is 13.0. The zero-order valence-electron chi connectivity index (χ0n) is 18.6. The topological polar surface area (TPSA) is 104 Å². The monoisotopic (exact) mass is 470 g/mol. The van der Waals surface area contributed by atoms with Crippen LogP contribution < -0.4 is 10.6 Å². The summed E-state index contributed by atoms with van der Waals surface area (Å²) in [6.07, 6.45) is 5.59. The standard InChI is InChI=1S/C23H30N6O3S/c30-22(28-10-1-2-11-28)18-27-12-14-29(15-13-27)33(32)21-7-5-20(6-8-21)26-23(31)25-17-19-4-3-9-24-16-19/h3-9,16H,1-2,10-15,17-18H2,(H2,25,26,31). The minimum Gasteiger partial charge on any atom is -0.593 e. The van der Waals surface area contributed by atoms with Crippen LogP contribution in [0, 0.1) is 0 Å². The van der Waals surface area contributed by atoms with Gasteiger partial charge in [0.15, 0.2) is 4.90 Å². The van der Waals surface area contributed by atoms with Gasteiger partial charge in [0.2, 0.25) is 5.91 Å². The van der Waals surface area contributed by atoms with E-state index in [1.54, 1.807) is 36.7 Å². The summed E-state index contributed by atoms with van der Waals surface area (Å²) in [5, 5.41) is 5.56. The van der Waals surface area contributed by atoms with E-state index >= 15 is 0 Å². The molecule has 3 heterocycles. The van der Waals surface area contributed by atoms with Gasteiger partial charge in [-0.15, -0.1) is 4.31 Å². The van der Waals surface area contributed by atoms with Gasteiger partial charge >= 0.3 is 6.03 Å². The van der Waals surface area contributed by atoms with Gasteiger partial charge in [-0.25, -0.2) is 4.79 Å². The first-order valence-corrected chi connectivity index (χ1v) is 12.4. The van der Waals surface area contributed by atoms with Crippen molar-refractivity contribution < 1.29 is 14.1 Å². The van der Waals surface area contributed by atoms with Crippen molar-refractivity contribution >= 4 is 29.0 Å². The first kappa shape index (κ1) is 23.5. The van der Waals surface area contributed by atoms with Gasteiger partial charge in [-0.3, -0.25) is 14.7 Å². The summed E-state index contributed by atoms with van der Waals surface area (Å²) in [5.41, 5.74) is 1.54. The summed E-state index contributed by atoms with van der Waals surface area (Å²) in [6.45, 7) is 5.33. The number of amides is 3. The van der Waals surface area contributed by atoms with Crippen molar-refractivity contribution in [3.05, 3.63) is 54.4 Å². The number of hydrogen-bond acceptors (Lipinski definition) is 6. The van der Waals surface area contributed by atoms with Crippen molar-refractivity contribution in [3.63, 3.8) is 0 Å². The Morgan fingerprint density at radius 1 is 1.00 bits per heavy atom. The molecule has 1 atom stereocenters. The van der Waals surface area contributed by atoms with E-state index in [1.807, 2.05) is 21.3 Å². The lowest BCUT2D eigenvalue weighted by molar-refractivity contribution is -0.131. The van der Waals surface area contributed by atoms with E-state index in [0.29, 0.717) is 36.8 Å². The summed E-state index contributed by atoms with van der Waals surface area (Å²) in [4.78, 5) is 33.2. The molecule has 33 heavy (non-hydrogen) atoms. The number of carbonyl (C=O) groups excluding carboxylic acids is 2. The molecule has 9 nitrogen and oxygen atoms in total. The number of pyridine rings is 1. The third kappa shape index (κ3) is 6.67. The fraction of sp³-hybridized carbons (Fsp3) is 0.435. The molecule has 0 aliphatic carbocycles. The summed E-state index contributed by atoms with van der Waals surface area (Å²) in [6, 6.07) is 10.5.